The van der Waals surface area contributed by atoms with E-state index in [0.717, 1.165) is 10.6 Å². The zero-order chi connectivity index (χ0) is 18.3. The molecule has 3 aromatic heterocycles. The number of fused-ring (bicyclic) bond motifs is 1. The summed E-state index contributed by atoms with van der Waals surface area (Å²) >= 11 is 8.08. The molecule has 1 amide bonds. The van der Waals surface area contributed by atoms with Crippen molar-refractivity contribution in [3.05, 3.63) is 68.4 Å². The monoisotopic (exact) mass is 494 g/mol. The third-order valence-electron chi connectivity index (χ3n) is 3.61. The molecule has 0 radical (unpaired) electrons. The highest BCUT2D eigenvalue weighted by Gasteiger charge is 2.17. The van der Waals surface area contributed by atoms with Crippen molar-refractivity contribution in [2.24, 2.45) is 0 Å². The van der Waals surface area contributed by atoms with Gasteiger partial charge in [0, 0.05) is 21.2 Å². The molecular weight excluding hydrogens is 487 g/mol. The molecule has 0 atom stereocenters. The van der Waals surface area contributed by atoms with Crippen LogP contribution >= 0.6 is 43.2 Å². The van der Waals surface area contributed by atoms with Crippen molar-refractivity contribution in [3.8, 4) is 10.6 Å². The minimum absolute atomic E-state index is 0.213. The summed E-state index contributed by atoms with van der Waals surface area (Å²) in [6, 6.07) is 9.94. The van der Waals surface area contributed by atoms with Crippen LogP contribution < -0.4 is 5.32 Å². The number of carbonyl (C=O) groups excluding carboxylic acids is 1. The van der Waals surface area contributed by atoms with E-state index in [0.29, 0.717) is 20.3 Å². The molecule has 5 nitrogen and oxygen atoms in total. The van der Waals surface area contributed by atoms with Gasteiger partial charge in [-0.3, -0.25) is 4.79 Å². The average Bonchev–Trinajstić information content (AvgIpc) is 3.26. The van der Waals surface area contributed by atoms with Crippen LogP contribution in [0, 0.1) is 5.82 Å². The second kappa shape index (κ2) is 6.90. The first-order valence-corrected chi connectivity index (χ1v) is 9.84. The van der Waals surface area contributed by atoms with Crippen LogP contribution in [0.15, 0.2) is 56.9 Å². The Morgan fingerprint density at radius 3 is 2.65 bits per heavy atom. The maximum atomic E-state index is 13.4. The van der Waals surface area contributed by atoms with Gasteiger partial charge in [0.15, 0.2) is 11.3 Å². The Hall–Kier alpha value is -2.10. The molecule has 0 fully saturated rings. The summed E-state index contributed by atoms with van der Waals surface area (Å²) in [4.78, 5) is 17.9. The summed E-state index contributed by atoms with van der Waals surface area (Å²) in [5.41, 5.74) is 2.07. The van der Waals surface area contributed by atoms with Crippen LogP contribution in [0.3, 0.4) is 0 Å². The van der Waals surface area contributed by atoms with Crippen LogP contribution in [0.4, 0.5) is 10.1 Å². The van der Waals surface area contributed by atoms with E-state index >= 15 is 0 Å². The Kier molecular flexibility index (Phi) is 4.60. The number of nitrogens with zero attached hydrogens (tertiary/aromatic N) is 3. The standard InChI is InChI=1S/C17H9Br2FN4OS/c18-10-6-9(20)7-11(19)16(10)22-17(25)12-8-15-21-4-3-13(24(15)23-12)14-2-1-5-26-14/h1-8H,(H,22,25). The van der Waals surface area contributed by atoms with Gasteiger partial charge in [-0.1, -0.05) is 6.07 Å². The van der Waals surface area contributed by atoms with Gasteiger partial charge in [0.25, 0.3) is 5.91 Å². The summed E-state index contributed by atoms with van der Waals surface area (Å²) in [6.45, 7) is 0. The van der Waals surface area contributed by atoms with E-state index in [1.165, 1.54) is 12.1 Å². The molecule has 0 aliphatic rings. The molecule has 9 heteroatoms. The van der Waals surface area contributed by atoms with E-state index in [1.54, 1.807) is 28.1 Å². The summed E-state index contributed by atoms with van der Waals surface area (Å²) in [5.74, 6) is -0.833. The zero-order valence-corrected chi connectivity index (χ0v) is 16.9. The number of aromatic nitrogens is 3. The predicted molar refractivity (Wildman–Crippen MR) is 106 cm³/mol. The van der Waals surface area contributed by atoms with E-state index in [1.807, 2.05) is 23.6 Å². The molecule has 1 aromatic carbocycles. The van der Waals surface area contributed by atoms with E-state index in [9.17, 15) is 9.18 Å². The third kappa shape index (κ3) is 3.17. The number of halogens is 3. The smallest absolute Gasteiger partial charge is 0.276 e. The topological polar surface area (TPSA) is 59.3 Å². The largest absolute Gasteiger partial charge is 0.319 e. The molecule has 4 aromatic rings. The fourth-order valence-electron chi connectivity index (χ4n) is 2.46. The molecule has 0 aliphatic heterocycles. The predicted octanol–water partition coefficient (Wildman–Crippen LogP) is 5.37. The van der Waals surface area contributed by atoms with Crippen molar-refractivity contribution in [1.29, 1.82) is 0 Å². The third-order valence-corrected chi connectivity index (χ3v) is 5.75. The van der Waals surface area contributed by atoms with E-state index in [2.05, 4.69) is 47.3 Å². The maximum Gasteiger partial charge on any atom is 0.276 e. The molecule has 0 unspecified atom stereocenters. The summed E-state index contributed by atoms with van der Waals surface area (Å²) in [6.07, 6.45) is 1.68. The fourth-order valence-corrected chi connectivity index (χ4v) is 4.52. The van der Waals surface area contributed by atoms with Crippen LogP contribution in [-0.4, -0.2) is 20.5 Å². The molecule has 0 saturated heterocycles. The number of amides is 1. The maximum absolute atomic E-state index is 13.4. The molecule has 1 N–H and O–H groups in total. The SMILES string of the molecule is O=C(Nc1c(Br)cc(F)cc1Br)c1cc2nccc(-c3cccs3)n2n1. The number of anilines is 1. The minimum Gasteiger partial charge on any atom is -0.319 e. The van der Waals surface area contributed by atoms with Crippen molar-refractivity contribution >= 4 is 60.4 Å². The highest BCUT2D eigenvalue weighted by Crippen LogP contribution is 2.32. The number of hydrogen-bond donors (Lipinski definition) is 1. The minimum atomic E-state index is -0.417. The van der Waals surface area contributed by atoms with Crippen LogP contribution in [0.5, 0.6) is 0 Å². The number of benzene rings is 1. The molecule has 0 spiro atoms. The van der Waals surface area contributed by atoms with Gasteiger partial charge >= 0.3 is 0 Å². The van der Waals surface area contributed by atoms with E-state index < -0.39 is 11.7 Å². The van der Waals surface area contributed by atoms with Crippen molar-refractivity contribution in [2.75, 3.05) is 5.32 Å². The average molecular weight is 496 g/mol. The van der Waals surface area contributed by atoms with Gasteiger partial charge in [-0.25, -0.2) is 13.9 Å². The zero-order valence-electron chi connectivity index (χ0n) is 12.9. The number of nitrogens with one attached hydrogen (secondary N) is 1. The first-order chi connectivity index (χ1) is 12.5. The van der Waals surface area contributed by atoms with E-state index in [4.69, 9.17) is 0 Å². The lowest BCUT2D eigenvalue weighted by Crippen LogP contribution is -2.13. The van der Waals surface area contributed by atoms with Crippen LogP contribution in [0.2, 0.25) is 0 Å². The first-order valence-electron chi connectivity index (χ1n) is 7.37. The summed E-state index contributed by atoms with van der Waals surface area (Å²) in [7, 11) is 0. The van der Waals surface area contributed by atoms with Crippen molar-refractivity contribution in [3.63, 3.8) is 0 Å². The second-order valence-corrected chi connectivity index (χ2v) is 7.96. The first kappa shape index (κ1) is 17.3. The summed E-state index contributed by atoms with van der Waals surface area (Å²) < 4.78 is 15.9. The molecular formula is C17H9Br2FN4OS. The Morgan fingerprint density at radius 1 is 1.19 bits per heavy atom. The van der Waals surface area contributed by atoms with Gasteiger partial charge < -0.3 is 5.32 Å². The molecule has 0 aliphatic carbocycles. The van der Waals surface area contributed by atoms with Gasteiger partial charge in [-0.15, -0.1) is 11.3 Å². The lowest BCUT2D eigenvalue weighted by Gasteiger charge is -2.08. The van der Waals surface area contributed by atoms with Gasteiger partial charge in [-0.2, -0.15) is 5.10 Å². The molecule has 26 heavy (non-hydrogen) atoms. The molecule has 0 saturated carbocycles. The lowest BCUT2D eigenvalue weighted by atomic mass is 10.3. The number of thiophene rings is 1. The van der Waals surface area contributed by atoms with Crippen LogP contribution in [0.25, 0.3) is 16.2 Å². The number of carbonyl (C=O) groups is 1. The molecule has 130 valence electrons. The van der Waals surface area contributed by atoms with Crippen molar-refractivity contribution in [2.45, 2.75) is 0 Å². The van der Waals surface area contributed by atoms with Crippen molar-refractivity contribution in [1.82, 2.24) is 14.6 Å². The fraction of sp³-hybridized carbons (Fsp3) is 0. The Morgan fingerprint density at radius 2 is 1.96 bits per heavy atom. The van der Waals surface area contributed by atoms with Crippen molar-refractivity contribution < 1.29 is 9.18 Å². The molecule has 3 heterocycles. The molecule has 0 bridgehead atoms. The Balaban J connectivity index is 1.72. The second-order valence-electron chi connectivity index (χ2n) is 5.31. The highest BCUT2D eigenvalue weighted by atomic mass is 79.9. The lowest BCUT2D eigenvalue weighted by molar-refractivity contribution is 0.102. The quantitative estimate of drug-likeness (QED) is 0.415. The van der Waals surface area contributed by atoms with Gasteiger partial charge in [0.2, 0.25) is 0 Å². The number of hydrogen-bond acceptors (Lipinski definition) is 4. The van der Waals surface area contributed by atoms with Gasteiger partial charge in [0.1, 0.15) is 5.82 Å². The summed E-state index contributed by atoms with van der Waals surface area (Å²) in [5, 5.41) is 9.10. The normalized spacial score (nSPS) is 11.0. The Labute approximate surface area is 168 Å². The highest BCUT2D eigenvalue weighted by molar-refractivity contribution is 9.11. The Bertz CT molecular complexity index is 1100. The van der Waals surface area contributed by atoms with Gasteiger partial charge in [0.05, 0.1) is 16.3 Å². The number of rotatable bonds is 3. The molecule has 4 rings (SSSR count). The van der Waals surface area contributed by atoms with Crippen LogP contribution in [0.1, 0.15) is 10.5 Å². The van der Waals surface area contributed by atoms with E-state index in [-0.39, 0.29) is 5.69 Å². The van der Waals surface area contributed by atoms with Crippen LogP contribution in [-0.2, 0) is 0 Å². The van der Waals surface area contributed by atoms with Gasteiger partial charge in [-0.05, 0) is 61.5 Å².